The standard InChI is InChI=1S/C17H23N2O2.C8H18O4S/c1-3-4-10-16(15-8-6-5-7-9-15)21-17(20)13-19-12-11-18(2)14-19;1-2-3-4-5-6-7-8-12-13(9,10)11/h5-9,11-12,14,16H,3-4,10,13H2,1-2H3;2-8H2,1H3,(H,9,10,11)/q+1;/p-1. The minimum absolute atomic E-state index is 0.0258. The van der Waals surface area contributed by atoms with Crippen LogP contribution in [0.15, 0.2) is 49.1 Å². The Labute approximate surface area is 204 Å². The molecule has 1 aromatic heterocycles. The molecule has 2 aromatic rings. The molecule has 0 radical (unpaired) electrons. The smallest absolute Gasteiger partial charge is 0.349 e. The first-order chi connectivity index (χ1) is 16.2. The van der Waals surface area contributed by atoms with Crippen LogP contribution in [0, 0.1) is 0 Å². The molecule has 0 spiro atoms. The highest BCUT2D eigenvalue weighted by atomic mass is 32.3. The highest BCUT2D eigenvalue weighted by Gasteiger charge is 2.18. The SMILES string of the molecule is CCCCC(OC(=O)Cn1cc[n+](C)c1)c1ccccc1.CCCCCCCCOS(=O)(=O)[O-]. The van der Waals surface area contributed by atoms with Gasteiger partial charge in [-0.25, -0.2) is 22.3 Å². The molecule has 0 amide bonds. The molecule has 0 aliphatic carbocycles. The number of hydrogen-bond acceptors (Lipinski definition) is 6. The lowest BCUT2D eigenvalue weighted by atomic mass is 10.0. The first-order valence-electron chi connectivity index (χ1n) is 12.1. The number of esters is 1. The largest absolute Gasteiger partial charge is 0.726 e. The molecule has 1 aromatic carbocycles. The highest BCUT2D eigenvalue weighted by Crippen LogP contribution is 2.23. The maximum Gasteiger partial charge on any atom is 0.349 e. The maximum absolute atomic E-state index is 12.1. The van der Waals surface area contributed by atoms with E-state index < -0.39 is 10.4 Å². The van der Waals surface area contributed by atoms with Crippen molar-refractivity contribution >= 4 is 16.4 Å². The van der Waals surface area contributed by atoms with Crippen molar-refractivity contribution in [3.05, 3.63) is 54.6 Å². The molecule has 0 aliphatic heterocycles. The number of hydrogen-bond donors (Lipinski definition) is 0. The van der Waals surface area contributed by atoms with Crippen molar-refractivity contribution in [1.82, 2.24) is 4.57 Å². The van der Waals surface area contributed by atoms with E-state index in [0.717, 1.165) is 37.7 Å². The summed E-state index contributed by atoms with van der Waals surface area (Å²) in [4.78, 5) is 12.1. The monoisotopic (exact) mass is 496 g/mol. The van der Waals surface area contributed by atoms with E-state index in [4.69, 9.17) is 4.74 Å². The molecule has 0 fully saturated rings. The first-order valence-corrected chi connectivity index (χ1v) is 13.4. The predicted octanol–water partition coefficient (Wildman–Crippen LogP) is 4.61. The van der Waals surface area contributed by atoms with E-state index in [2.05, 4.69) is 18.0 Å². The number of carbonyl (C=O) groups is 1. The quantitative estimate of drug-likeness (QED) is 0.117. The van der Waals surface area contributed by atoms with Gasteiger partial charge >= 0.3 is 5.97 Å². The Hall–Kier alpha value is -2.23. The number of nitrogens with zero attached hydrogens (tertiary/aromatic N) is 2. The number of ether oxygens (including phenoxy) is 1. The van der Waals surface area contributed by atoms with Crippen molar-refractivity contribution in [2.45, 2.75) is 84.3 Å². The third-order valence-corrected chi connectivity index (χ3v) is 5.58. The van der Waals surface area contributed by atoms with Gasteiger partial charge in [0, 0.05) is 0 Å². The molecule has 0 aliphatic rings. The van der Waals surface area contributed by atoms with Crippen molar-refractivity contribution in [2.24, 2.45) is 7.05 Å². The van der Waals surface area contributed by atoms with Crippen molar-refractivity contribution in [3.63, 3.8) is 0 Å². The summed E-state index contributed by atoms with van der Waals surface area (Å²) < 4.78 is 43.4. The minimum atomic E-state index is -4.47. The van der Waals surface area contributed by atoms with Gasteiger partial charge in [-0.2, -0.15) is 0 Å². The van der Waals surface area contributed by atoms with E-state index in [1.165, 1.54) is 19.3 Å². The van der Waals surface area contributed by atoms with Crippen LogP contribution in [0.3, 0.4) is 0 Å². The van der Waals surface area contributed by atoms with Gasteiger partial charge in [0.2, 0.25) is 16.7 Å². The molecule has 8 nitrogen and oxygen atoms in total. The van der Waals surface area contributed by atoms with E-state index in [0.29, 0.717) is 6.42 Å². The second-order valence-corrected chi connectivity index (χ2v) is 9.33. The van der Waals surface area contributed by atoms with Gasteiger partial charge in [0.05, 0.1) is 13.7 Å². The fourth-order valence-electron chi connectivity index (χ4n) is 3.33. The second kappa shape index (κ2) is 17.2. The minimum Gasteiger partial charge on any atom is -0.726 e. The molecule has 1 atom stereocenters. The maximum atomic E-state index is 12.1. The van der Waals surface area contributed by atoms with Crippen LogP contribution in [-0.2, 0) is 37.7 Å². The first kappa shape index (κ1) is 29.8. The number of carbonyl (C=O) groups excluding carboxylic acids is 1. The average molecular weight is 497 g/mol. The molecule has 2 rings (SSSR count). The third-order valence-electron chi connectivity index (χ3n) is 5.13. The average Bonchev–Trinajstić information content (AvgIpc) is 3.20. The Balaban J connectivity index is 0.000000385. The molecule has 0 bridgehead atoms. The van der Waals surface area contributed by atoms with Crippen molar-refractivity contribution < 1.29 is 31.3 Å². The van der Waals surface area contributed by atoms with Gasteiger partial charge in [-0.1, -0.05) is 82.7 Å². The Bertz CT molecular complexity index is 899. The van der Waals surface area contributed by atoms with Crippen LogP contribution >= 0.6 is 0 Å². The summed E-state index contributed by atoms with van der Waals surface area (Å²) in [5.74, 6) is -0.198. The Morgan fingerprint density at radius 1 is 1.03 bits per heavy atom. The fourth-order valence-corrected chi connectivity index (χ4v) is 3.66. The summed E-state index contributed by atoms with van der Waals surface area (Å²) in [7, 11) is -2.55. The van der Waals surface area contributed by atoms with Crippen LogP contribution in [0.5, 0.6) is 0 Å². The topological polar surface area (TPSA) is 102 Å². The molecule has 0 saturated heterocycles. The number of benzene rings is 1. The van der Waals surface area contributed by atoms with Gasteiger partial charge in [0.1, 0.15) is 18.5 Å². The van der Waals surface area contributed by atoms with Crippen LogP contribution in [0.25, 0.3) is 0 Å². The van der Waals surface area contributed by atoms with Crippen molar-refractivity contribution in [2.75, 3.05) is 6.61 Å². The Morgan fingerprint density at radius 2 is 1.68 bits per heavy atom. The van der Waals surface area contributed by atoms with Gasteiger partial charge in [-0.05, 0) is 24.8 Å². The van der Waals surface area contributed by atoms with Crippen LogP contribution in [0.1, 0.15) is 83.3 Å². The van der Waals surface area contributed by atoms with Crippen molar-refractivity contribution in [1.29, 1.82) is 0 Å². The lowest BCUT2D eigenvalue weighted by molar-refractivity contribution is -0.671. The second-order valence-electron chi connectivity index (χ2n) is 8.28. The zero-order chi connectivity index (χ0) is 25.2. The lowest BCUT2D eigenvalue weighted by Crippen LogP contribution is -2.24. The summed E-state index contributed by atoms with van der Waals surface area (Å²) in [6.07, 6.45) is 14.7. The van der Waals surface area contributed by atoms with E-state index >= 15 is 0 Å². The number of unbranched alkanes of at least 4 members (excludes halogenated alkanes) is 6. The lowest BCUT2D eigenvalue weighted by Gasteiger charge is -2.17. The predicted molar refractivity (Wildman–Crippen MR) is 129 cm³/mol. The zero-order valence-electron chi connectivity index (χ0n) is 20.7. The zero-order valence-corrected chi connectivity index (χ0v) is 21.5. The van der Waals surface area contributed by atoms with Gasteiger partial charge in [-0.3, -0.25) is 4.18 Å². The molecule has 1 unspecified atom stereocenters. The summed E-state index contributed by atoms with van der Waals surface area (Å²) in [5.41, 5.74) is 1.07. The molecule has 0 saturated carbocycles. The summed E-state index contributed by atoms with van der Waals surface area (Å²) >= 11 is 0. The normalized spacial score (nSPS) is 12.0. The van der Waals surface area contributed by atoms with Gasteiger partial charge in [0.25, 0.3) is 0 Å². The third kappa shape index (κ3) is 14.8. The van der Waals surface area contributed by atoms with Gasteiger partial charge in [-0.15, -0.1) is 0 Å². The van der Waals surface area contributed by atoms with Crippen LogP contribution in [0.4, 0.5) is 0 Å². The van der Waals surface area contributed by atoms with E-state index in [9.17, 15) is 17.8 Å². The summed E-state index contributed by atoms with van der Waals surface area (Å²) in [6.45, 7) is 4.55. The Kier molecular flexibility index (Phi) is 15.1. The van der Waals surface area contributed by atoms with Crippen LogP contribution in [-0.4, -0.2) is 30.1 Å². The molecular formula is C25H40N2O6S. The molecule has 192 valence electrons. The Morgan fingerprint density at radius 3 is 2.26 bits per heavy atom. The molecule has 0 N–H and O–H groups in total. The number of aromatic nitrogens is 2. The van der Waals surface area contributed by atoms with E-state index in [1.54, 1.807) is 0 Å². The number of rotatable bonds is 15. The van der Waals surface area contributed by atoms with E-state index in [1.807, 2.05) is 65.2 Å². The molecule has 1 heterocycles. The molecular weight excluding hydrogens is 456 g/mol. The van der Waals surface area contributed by atoms with Crippen LogP contribution < -0.4 is 4.57 Å². The molecule has 34 heavy (non-hydrogen) atoms. The number of aryl methyl sites for hydroxylation is 1. The van der Waals surface area contributed by atoms with Gasteiger partial charge < -0.3 is 9.29 Å². The highest BCUT2D eigenvalue weighted by molar-refractivity contribution is 7.80. The van der Waals surface area contributed by atoms with Crippen molar-refractivity contribution in [3.8, 4) is 0 Å². The summed E-state index contributed by atoms with van der Waals surface area (Å²) in [6, 6.07) is 9.97. The fraction of sp³-hybridized carbons (Fsp3) is 0.600. The van der Waals surface area contributed by atoms with Gasteiger partial charge in [0.15, 0.2) is 6.54 Å². The van der Waals surface area contributed by atoms with Crippen LogP contribution in [0.2, 0.25) is 0 Å². The summed E-state index contributed by atoms with van der Waals surface area (Å²) in [5, 5.41) is 0. The number of imidazole rings is 1. The van der Waals surface area contributed by atoms with E-state index in [-0.39, 0.29) is 25.2 Å². The molecule has 9 heteroatoms.